The number of carbonyl (C=O) groups is 1. The lowest BCUT2D eigenvalue weighted by Gasteiger charge is -2.12. The molecule has 134 valence electrons. The van der Waals surface area contributed by atoms with Crippen molar-refractivity contribution in [3.8, 4) is 11.1 Å². The van der Waals surface area contributed by atoms with Crippen LogP contribution in [0.5, 0.6) is 0 Å². The van der Waals surface area contributed by atoms with Crippen LogP contribution in [0.2, 0.25) is 0 Å². The lowest BCUT2D eigenvalue weighted by molar-refractivity contribution is 0.0949. The number of fused-ring (bicyclic) bond motifs is 1. The van der Waals surface area contributed by atoms with Gasteiger partial charge in [-0.3, -0.25) is 4.79 Å². The van der Waals surface area contributed by atoms with Crippen molar-refractivity contribution < 1.29 is 18.0 Å². The van der Waals surface area contributed by atoms with Gasteiger partial charge >= 0.3 is 0 Å². The second-order valence-electron chi connectivity index (χ2n) is 5.66. The van der Waals surface area contributed by atoms with E-state index < -0.39 is 23.4 Å². The Morgan fingerprint density at radius 3 is 2.58 bits per heavy atom. The number of nitrogens with one attached hydrogen (secondary N) is 1. The third-order valence-electron chi connectivity index (χ3n) is 3.87. The zero-order valence-electron chi connectivity index (χ0n) is 13.8. The summed E-state index contributed by atoms with van der Waals surface area (Å²) >= 11 is 0. The minimum absolute atomic E-state index is 0.0123. The molecule has 0 spiro atoms. The average molecular weight is 360 g/mol. The average Bonchev–Trinajstić information content (AvgIpc) is 2.62. The maximum atomic E-state index is 14.4. The Kier molecular flexibility index (Phi) is 4.75. The van der Waals surface area contributed by atoms with E-state index in [2.05, 4.69) is 15.5 Å². The third kappa shape index (κ3) is 3.05. The minimum atomic E-state index is -0.817. The summed E-state index contributed by atoms with van der Waals surface area (Å²) < 4.78 is 42.1. The van der Waals surface area contributed by atoms with Crippen molar-refractivity contribution in [2.24, 2.45) is 0 Å². The van der Waals surface area contributed by atoms with Gasteiger partial charge in [0.25, 0.3) is 5.91 Å². The highest BCUT2D eigenvalue weighted by atomic mass is 19.1. The Morgan fingerprint density at radius 1 is 1.12 bits per heavy atom. The van der Waals surface area contributed by atoms with E-state index in [1.165, 1.54) is 6.07 Å². The highest BCUT2D eigenvalue weighted by Gasteiger charge is 2.21. The van der Waals surface area contributed by atoms with Crippen molar-refractivity contribution in [2.75, 3.05) is 12.3 Å². The van der Waals surface area contributed by atoms with Crippen LogP contribution in [0.15, 0.2) is 30.3 Å². The number of nitrogens with zero attached hydrogens (tertiary/aromatic N) is 2. The second-order valence-corrected chi connectivity index (χ2v) is 5.66. The van der Waals surface area contributed by atoms with Gasteiger partial charge in [-0.2, -0.15) is 0 Å². The highest BCUT2D eigenvalue weighted by molar-refractivity contribution is 6.07. The van der Waals surface area contributed by atoms with E-state index >= 15 is 0 Å². The zero-order chi connectivity index (χ0) is 18.8. The van der Waals surface area contributed by atoms with Gasteiger partial charge in [0.05, 0.1) is 5.69 Å². The van der Waals surface area contributed by atoms with Gasteiger partial charge in [-0.25, -0.2) is 13.2 Å². The smallest absolute Gasteiger partial charge is 0.273 e. The molecule has 0 bridgehead atoms. The molecule has 0 unspecified atom stereocenters. The molecule has 0 aliphatic carbocycles. The summed E-state index contributed by atoms with van der Waals surface area (Å²) in [5, 5.41) is 10.5. The van der Waals surface area contributed by atoms with Gasteiger partial charge in [0, 0.05) is 23.1 Å². The quantitative estimate of drug-likeness (QED) is 0.747. The SMILES string of the molecule is CCCNC(=O)c1nnc2c(-c3cc(F)ccc3F)c(F)ccc2c1N. The second kappa shape index (κ2) is 6.99. The summed E-state index contributed by atoms with van der Waals surface area (Å²) in [6, 6.07) is 5.08. The fourth-order valence-corrected chi connectivity index (χ4v) is 2.60. The number of halogens is 3. The van der Waals surface area contributed by atoms with Gasteiger partial charge in [0.15, 0.2) is 5.69 Å². The topological polar surface area (TPSA) is 80.9 Å². The molecule has 26 heavy (non-hydrogen) atoms. The predicted molar refractivity (Wildman–Crippen MR) is 91.9 cm³/mol. The van der Waals surface area contributed by atoms with Gasteiger partial charge < -0.3 is 11.1 Å². The molecule has 0 saturated heterocycles. The Hall–Kier alpha value is -3.16. The van der Waals surface area contributed by atoms with Crippen molar-refractivity contribution >= 4 is 22.5 Å². The molecule has 1 aromatic heterocycles. The largest absolute Gasteiger partial charge is 0.396 e. The molecule has 5 nitrogen and oxygen atoms in total. The van der Waals surface area contributed by atoms with Crippen LogP contribution in [-0.2, 0) is 0 Å². The molecule has 0 atom stereocenters. The first-order valence-electron chi connectivity index (χ1n) is 7.92. The van der Waals surface area contributed by atoms with Gasteiger partial charge in [-0.15, -0.1) is 10.2 Å². The first-order chi connectivity index (χ1) is 12.4. The van der Waals surface area contributed by atoms with E-state index in [4.69, 9.17) is 5.73 Å². The van der Waals surface area contributed by atoms with E-state index in [0.717, 1.165) is 30.7 Å². The number of benzene rings is 2. The number of hydrogen-bond acceptors (Lipinski definition) is 4. The summed E-state index contributed by atoms with van der Waals surface area (Å²) in [5.74, 6) is -2.86. The predicted octanol–water partition coefficient (Wildman–Crippen LogP) is 3.44. The highest BCUT2D eigenvalue weighted by Crippen LogP contribution is 2.34. The first-order valence-corrected chi connectivity index (χ1v) is 7.92. The number of amides is 1. The third-order valence-corrected chi connectivity index (χ3v) is 3.87. The monoisotopic (exact) mass is 360 g/mol. The molecule has 3 rings (SSSR count). The number of hydrogen-bond donors (Lipinski definition) is 2. The lowest BCUT2D eigenvalue weighted by atomic mass is 10.00. The lowest BCUT2D eigenvalue weighted by Crippen LogP contribution is -2.26. The Labute approximate surface area is 147 Å². The Balaban J connectivity index is 2.23. The molecule has 0 radical (unpaired) electrons. The van der Waals surface area contributed by atoms with Crippen LogP contribution in [0.4, 0.5) is 18.9 Å². The van der Waals surface area contributed by atoms with Crippen LogP contribution in [-0.4, -0.2) is 22.6 Å². The fraction of sp³-hybridized carbons (Fsp3) is 0.167. The fourth-order valence-electron chi connectivity index (χ4n) is 2.60. The molecule has 0 aliphatic rings. The van der Waals surface area contributed by atoms with Crippen molar-refractivity contribution in [3.05, 3.63) is 53.5 Å². The van der Waals surface area contributed by atoms with Crippen molar-refractivity contribution in [1.29, 1.82) is 0 Å². The molecular weight excluding hydrogens is 345 g/mol. The Bertz CT molecular complexity index is 1010. The van der Waals surface area contributed by atoms with Crippen molar-refractivity contribution in [2.45, 2.75) is 13.3 Å². The van der Waals surface area contributed by atoms with E-state index in [-0.39, 0.29) is 33.4 Å². The normalized spacial score (nSPS) is 10.9. The van der Waals surface area contributed by atoms with E-state index in [1.54, 1.807) is 0 Å². The number of anilines is 1. The van der Waals surface area contributed by atoms with Gasteiger partial charge in [0.2, 0.25) is 0 Å². The van der Waals surface area contributed by atoms with Crippen LogP contribution in [0.3, 0.4) is 0 Å². The summed E-state index contributed by atoms with van der Waals surface area (Å²) in [5.41, 5.74) is 5.26. The molecule has 0 fully saturated rings. The maximum absolute atomic E-state index is 14.4. The molecule has 0 aliphatic heterocycles. The molecule has 0 saturated carbocycles. The summed E-state index contributed by atoms with van der Waals surface area (Å²) in [4.78, 5) is 12.1. The van der Waals surface area contributed by atoms with Gasteiger partial charge in [0.1, 0.15) is 23.0 Å². The number of aromatic nitrogens is 2. The first kappa shape index (κ1) is 17.7. The Morgan fingerprint density at radius 2 is 1.85 bits per heavy atom. The number of carbonyl (C=O) groups excluding carboxylic acids is 1. The van der Waals surface area contributed by atoms with Crippen LogP contribution in [0.1, 0.15) is 23.8 Å². The van der Waals surface area contributed by atoms with E-state index in [9.17, 15) is 18.0 Å². The molecule has 3 aromatic rings. The van der Waals surface area contributed by atoms with Crippen LogP contribution >= 0.6 is 0 Å². The molecule has 1 amide bonds. The summed E-state index contributed by atoms with van der Waals surface area (Å²) in [7, 11) is 0. The van der Waals surface area contributed by atoms with Crippen LogP contribution in [0.25, 0.3) is 22.0 Å². The molecular formula is C18H15F3N4O. The van der Waals surface area contributed by atoms with E-state index in [0.29, 0.717) is 6.54 Å². The van der Waals surface area contributed by atoms with Crippen molar-refractivity contribution in [3.63, 3.8) is 0 Å². The maximum Gasteiger partial charge on any atom is 0.273 e. The minimum Gasteiger partial charge on any atom is -0.396 e. The standard InChI is InChI=1S/C18H15F3N4O/c1-2-7-23-18(26)17-15(22)10-4-6-13(21)14(16(10)24-25-17)11-8-9(19)3-5-12(11)20/h3-6,8H,2,7H2,1H3,(H2,22,24)(H,23,26). The van der Waals surface area contributed by atoms with Crippen LogP contribution in [0, 0.1) is 17.5 Å². The zero-order valence-corrected chi connectivity index (χ0v) is 13.8. The van der Waals surface area contributed by atoms with E-state index in [1.807, 2.05) is 6.92 Å². The molecule has 1 heterocycles. The van der Waals surface area contributed by atoms with Gasteiger partial charge in [-0.1, -0.05) is 6.92 Å². The van der Waals surface area contributed by atoms with Crippen molar-refractivity contribution in [1.82, 2.24) is 15.5 Å². The number of nitrogen functional groups attached to an aromatic ring is 1. The van der Waals surface area contributed by atoms with Crippen LogP contribution < -0.4 is 11.1 Å². The van der Waals surface area contributed by atoms with Gasteiger partial charge in [-0.05, 0) is 36.8 Å². The number of nitrogens with two attached hydrogens (primary N) is 1. The molecule has 3 N–H and O–H groups in total. The summed E-state index contributed by atoms with van der Waals surface area (Å²) in [6.07, 6.45) is 0.723. The molecule has 2 aromatic carbocycles. The number of rotatable bonds is 4. The summed E-state index contributed by atoms with van der Waals surface area (Å²) in [6.45, 7) is 2.32. The molecule has 8 heteroatoms.